The highest BCUT2D eigenvalue weighted by Gasteiger charge is 1.89. The molecule has 1 unspecified atom stereocenters. The maximum absolute atomic E-state index is 7.81. The van der Waals surface area contributed by atoms with Crippen molar-refractivity contribution in [2.24, 2.45) is 4.99 Å². The lowest BCUT2D eigenvalue weighted by Gasteiger charge is -1.95. The predicted molar refractivity (Wildman–Crippen MR) is 25.7 cm³/mol. The lowest BCUT2D eigenvalue weighted by atomic mass is 10.7. The van der Waals surface area contributed by atoms with Crippen LogP contribution in [0.5, 0.6) is 0 Å². The summed E-state index contributed by atoms with van der Waals surface area (Å²) in [6, 6.07) is 0. The van der Waals surface area contributed by atoms with E-state index in [0.717, 1.165) is 0 Å². The summed E-state index contributed by atoms with van der Waals surface area (Å²) in [5.41, 5.74) is 0. The lowest BCUT2D eigenvalue weighted by molar-refractivity contribution is 0.190. The van der Waals surface area contributed by atoms with Crippen molar-refractivity contribution in [3.05, 3.63) is 0 Å². The van der Waals surface area contributed by atoms with Crippen molar-refractivity contribution in [1.29, 1.82) is 5.26 Å². The Morgan fingerprint density at radius 2 is 2.57 bits per heavy atom. The molecule has 0 heterocycles. The number of nitriles is 1. The normalized spacial score (nSPS) is 11.4. The van der Waals surface area contributed by atoms with E-state index in [2.05, 4.69) is 16.4 Å². The first-order valence-electron chi connectivity index (χ1n) is 1.82. The van der Waals surface area contributed by atoms with Gasteiger partial charge >= 0.3 is 0 Å². The van der Waals surface area contributed by atoms with Crippen molar-refractivity contribution in [2.45, 2.75) is 13.2 Å². The maximum atomic E-state index is 7.81. The number of aliphatic imine (C=N–C) groups is 1. The molecule has 0 aliphatic rings. The van der Waals surface area contributed by atoms with Crippen molar-refractivity contribution in [2.75, 3.05) is 0 Å². The molecule has 38 valence electrons. The van der Waals surface area contributed by atoms with Gasteiger partial charge in [-0.3, -0.25) is 4.99 Å². The number of hydrogen-bond acceptors (Lipinski definition) is 3. The minimum atomic E-state index is -0.398. The Morgan fingerprint density at radius 3 is 2.71 bits per heavy atom. The number of hydrogen-bond donors (Lipinski definition) is 0. The van der Waals surface area contributed by atoms with Gasteiger partial charge in [-0.05, 0) is 13.6 Å². The second-order valence-corrected chi connectivity index (χ2v) is 0.991. The summed E-state index contributed by atoms with van der Waals surface area (Å²) in [7, 11) is 0. The highest BCUT2D eigenvalue weighted by Crippen LogP contribution is 1.85. The second-order valence-electron chi connectivity index (χ2n) is 0.991. The van der Waals surface area contributed by atoms with Crippen molar-refractivity contribution >= 4 is 6.72 Å². The second kappa shape index (κ2) is 3.16. The van der Waals surface area contributed by atoms with Crippen LogP contribution in [-0.4, -0.2) is 12.9 Å². The molecule has 0 spiro atoms. The van der Waals surface area contributed by atoms with E-state index in [4.69, 9.17) is 5.26 Å². The largest absolute Gasteiger partial charge is 0.400 e. The molecular formula is C4H6N2O. The van der Waals surface area contributed by atoms with Gasteiger partial charge in [-0.15, -0.1) is 0 Å². The lowest BCUT2D eigenvalue weighted by Crippen LogP contribution is -1.96. The Balaban J connectivity index is 3.21. The van der Waals surface area contributed by atoms with Gasteiger partial charge in [0.1, 0.15) is 0 Å². The van der Waals surface area contributed by atoms with E-state index in [1.165, 1.54) is 6.26 Å². The maximum Gasteiger partial charge on any atom is 0.288 e. The van der Waals surface area contributed by atoms with E-state index in [-0.39, 0.29) is 0 Å². The van der Waals surface area contributed by atoms with Gasteiger partial charge in [-0.25, -0.2) is 0 Å². The standard InChI is InChI=1S/C4H6N2O/c1-4(6-2)7-3-5/h4H,2H2,1H3. The highest BCUT2D eigenvalue weighted by atomic mass is 16.5. The van der Waals surface area contributed by atoms with E-state index in [9.17, 15) is 0 Å². The first kappa shape index (κ1) is 5.96. The summed E-state index contributed by atoms with van der Waals surface area (Å²) in [4.78, 5) is 3.38. The van der Waals surface area contributed by atoms with Crippen LogP contribution in [0.3, 0.4) is 0 Å². The molecule has 0 N–H and O–H groups in total. The summed E-state index contributed by atoms with van der Waals surface area (Å²) in [5, 5.41) is 7.81. The van der Waals surface area contributed by atoms with Crippen LogP contribution in [0.1, 0.15) is 6.92 Å². The molecule has 0 aliphatic heterocycles. The fourth-order valence-electron chi connectivity index (χ4n) is 0.114. The fourth-order valence-corrected chi connectivity index (χ4v) is 0.114. The molecule has 0 aromatic rings. The average molecular weight is 98.1 g/mol. The molecule has 0 saturated carbocycles. The Labute approximate surface area is 42.2 Å². The molecule has 0 amide bonds. The zero-order valence-corrected chi connectivity index (χ0v) is 4.09. The highest BCUT2D eigenvalue weighted by molar-refractivity contribution is 5.23. The van der Waals surface area contributed by atoms with Crippen LogP contribution in [0.15, 0.2) is 4.99 Å². The molecule has 3 heteroatoms. The number of ether oxygens (including phenoxy) is 1. The summed E-state index contributed by atoms with van der Waals surface area (Å²) in [6.07, 6.45) is 1.09. The zero-order valence-electron chi connectivity index (χ0n) is 4.09. The Kier molecular flexibility index (Phi) is 2.69. The Morgan fingerprint density at radius 1 is 2.00 bits per heavy atom. The van der Waals surface area contributed by atoms with Crippen LogP contribution < -0.4 is 0 Å². The van der Waals surface area contributed by atoms with Crippen molar-refractivity contribution in [1.82, 2.24) is 0 Å². The van der Waals surface area contributed by atoms with E-state index < -0.39 is 6.23 Å². The Hall–Kier alpha value is -1.04. The minimum absolute atomic E-state index is 0.398. The summed E-state index contributed by atoms with van der Waals surface area (Å²) >= 11 is 0. The molecule has 0 fully saturated rings. The van der Waals surface area contributed by atoms with Gasteiger partial charge in [-0.1, -0.05) is 0 Å². The molecule has 1 atom stereocenters. The molecule has 0 radical (unpaired) electrons. The van der Waals surface area contributed by atoms with Gasteiger partial charge in [0.05, 0.1) is 0 Å². The van der Waals surface area contributed by atoms with Gasteiger partial charge in [0, 0.05) is 0 Å². The van der Waals surface area contributed by atoms with Crippen molar-refractivity contribution in [3.8, 4) is 6.26 Å². The predicted octanol–water partition coefficient (Wildman–Crippen LogP) is 0.531. The van der Waals surface area contributed by atoms with Crippen LogP contribution in [-0.2, 0) is 4.74 Å². The molecule has 0 aromatic carbocycles. The molecule has 0 bridgehead atoms. The molecular weight excluding hydrogens is 92.1 g/mol. The van der Waals surface area contributed by atoms with Crippen LogP contribution >= 0.6 is 0 Å². The monoisotopic (exact) mass is 98.0 g/mol. The zero-order chi connectivity index (χ0) is 5.70. The first-order valence-corrected chi connectivity index (χ1v) is 1.82. The topological polar surface area (TPSA) is 45.4 Å². The van der Waals surface area contributed by atoms with Crippen LogP contribution in [0.4, 0.5) is 0 Å². The SMILES string of the molecule is C=NC(C)OC#N. The molecule has 7 heavy (non-hydrogen) atoms. The van der Waals surface area contributed by atoms with E-state index in [1.54, 1.807) is 6.92 Å². The molecule has 0 aliphatic carbocycles. The van der Waals surface area contributed by atoms with Crippen molar-refractivity contribution in [3.63, 3.8) is 0 Å². The quantitative estimate of drug-likeness (QED) is 0.373. The van der Waals surface area contributed by atoms with Crippen LogP contribution in [0, 0.1) is 11.5 Å². The molecule has 0 saturated heterocycles. The van der Waals surface area contributed by atoms with Crippen LogP contribution in [0.2, 0.25) is 0 Å². The summed E-state index contributed by atoms with van der Waals surface area (Å²) in [5.74, 6) is 0. The van der Waals surface area contributed by atoms with Gasteiger partial charge in [-0.2, -0.15) is 5.26 Å². The van der Waals surface area contributed by atoms with Crippen LogP contribution in [0.25, 0.3) is 0 Å². The number of rotatable bonds is 2. The average Bonchev–Trinajstić information content (AvgIpc) is 1.68. The molecule has 0 rings (SSSR count). The number of nitrogens with zero attached hydrogens (tertiary/aromatic N) is 2. The third-order valence-electron chi connectivity index (χ3n) is 0.480. The van der Waals surface area contributed by atoms with Crippen molar-refractivity contribution < 1.29 is 4.74 Å². The van der Waals surface area contributed by atoms with E-state index in [0.29, 0.717) is 0 Å². The minimum Gasteiger partial charge on any atom is -0.400 e. The Bertz CT molecular complexity index is 94.4. The molecule has 3 nitrogen and oxygen atoms in total. The van der Waals surface area contributed by atoms with E-state index in [1.807, 2.05) is 0 Å². The van der Waals surface area contributed by atoms with Gasteiger partial charge in [0.15, 0.2) is 6.23 Å². The smallest absolute Gasteiger partial charge is 0.288 e. The first-order chi connectivity index (χ1) is 3.31. The molecule has 0 aromatic heterocycles. The summed E-state index contributed by atoms with van der Waals surface area (Å²) < 4.78 is 4.27. The third kappa shape index (κ3) is 2.77. The fraction of sp³-hybridized carbons (Fsp3) is 0.500. The van der Waals surface area contributed by atoms with Gasteiger partial charge < -0.3 is 4.74 Å². The third-order valence-corrected chi connectivity index (χ3v) is 0.480. The van der Waals surface area contributed by atoms with Gasteiger partial charge in [0.2, 0.25) is 0 Å². The van der Waals surface area contributed by atoms with Gasteiger partial charge in [0.25, 0.3) is 6.26 Å². The summed E-state index contributed by atoms with van der Waals surface area (Å²) in [6.45, 7) is 4.79. The van der Waals surface area contributed by atoms with E-state index >= 15 is 0 Å².